The molecule has 0 radical (unpaired) electrons. The van der Waals surface area contributed by atoms with Crippen LogP contribution >= 0.6 is 0 Å². The zero-order valence-corrected chi connectivity index (χ0v) is 31.0. The number of benzene rings is 9. The number of rotatable bonds is 6. The summed E-state index contributed by atoms with van der Waals surface area (Å²) in [6.45, 7) is 0. The van der Waals surface area contributed by atoms with Crippen molar-refractivity contribution >= 4 is 77.0 Å². The van der Waals surface area contributed by atoms with Crippen molar-refractivity contribution in [3.63, 3.8) is 0 Å². The van der Waals surface area contributed by atoms with Crippen molar-refractivity contribution in [2.75, 3.05) is 4.90 Å². The number of anilines is 3. The van der Waals surface area contributed by atoms with E-state index in [1.807, 2.05) is 0 Å². The van der Waals surface area contributed by atoms with Gasteiger partial charge in [-0.05, 0) is 100 Å². The van der Waals surface area contributed by atoms with Gasteiger partial charge in [0.1, 0.15) is 0 Å². The Morgan fingerprint density at radius 1 is 0.298 bits per heavy atom. The lowest BCUT2D eigenvalue weighted by molar-refractivity contribution is 1.18. The largest absolute Gasteiger partial charge is 0.310 e. The predicted molar refractivity (Wildman–Crippen MR) is 241 cm³/mol. The number of aromatic nitrogens is 2. The van der Waals surface area contributed by atoms with Gasteiger partial charge < -0.3 is 13.9 Å². The molecule has 0 aliphatic heterocycles. The molecule has 9 aromatic carbocycles. The van der Waals surface area contributed by atoms with Crippen molar-refractivity contribution < 1.29 is 0 Å². The quantitative estimate of drug-likeness (QED) is 0.166. The van der Waals surface area contributed by atoms with Gasteiger partial charge in [0.05, 0.1) is 27.6 Å². The Morgan fingerprint density at radius 3 is 1.46 bits per heavy atom. The summed E-state index contributed by atoms with van der Waals surface area (Å²) in [5.41, 5.74) is 15.4. The van der Waals surface area contributed by atoms with E-state index in [-0.39, 0.29) is 0 Å². The standard InChI is InChI=1S/C54H35N3/c1-4-13-36(14-5-1)38-23-27-41(28-24-38)55(42-29-25-39(26-30-42)37-15-6-2-7-16-37)43-31-33-49-47(35-43)45-20-12-22-50-52(45)53-51(56(50)40-17-8-3-9-18-40)34-32-46-44-19-10-11-21-48(44)57(49)54(46)53/h1-35H. The van der Waals surface area contributed by atoms with Crippen molar-refractivity contribution in [3.8, 4) is 27.9 Å². The van der Waals surface area contributed by atoms with Gasteiger partial charge in [-0.15, -0.1) is 0 Å². The Bertz CT molecular complexity index is 3330. The van der Waals surface area contributed by atoms with Crippen LogP contribution in [-0.4, -0.2) is 8.97 Å². The van der Waals surface area contributed by atoms with E-state index in [1.54, 1.807) is 0 Å². The van der Waals surface area contributed by atoms with Gasteiger partial charge in [0.2, 0.25) is 0 Å². The van der Waals surface area contributed by atoms with Crippen LogP contribution in [0.4, 0.5) is 17.1 Å². The highest BCUT2D eigenvalue weighted by atomic mass is 15.1. The molecule has 12 aromatic rings. The summed E-state index contributed by atoms with van der Waals surface area (Å²) in [4.78, 5) is 2.40. The van der Waals surface area contributed by atoms with Crippen molar-refractivity contribution in [3.05, 3.63) is 212 Å². The van der Waals surface area contributed by atoms with Crippen LogP contribution in [0.1, 0.15) is 0 Å². The van der Waals surface area contributed by atoms with E-state index in [2.05, 4.69) is 226 Å². The van der Waals surface area contributed by atoms with E-state index in [0.717, 1.165) is 22.7 Å². The molecule has 266 valence electrons. The van der Waals surface area contributed by atoms with Gasteiger partial charge in [-0.25, -0.2) is 0 Å². The first-order valence-electron chi connectivity index (χ1n) is 19.6. The molecule has 0 saturated heterocycles. The van der Waals surface area contributed by atoms with E-state index in [4.69, 9.17) is 0 Å². The highest BCUT2D eigenvalue weighted by molar-refractivity contribution is 6.33. The number of hydrogen-bond donors (Lipinski definition) is 0. The molecular formula is C54H35N3. The Hall–Kier alpha value is -7.62. The van der Waals surface area contributed by atoms with E-state index in [0.29, 0.717) is 0 Å². The number of nitrogens with zero attached hydrogens (tertiary/aromatic N) is 3. The Labute approximate surface area is 329 Å². The molecule has 3 nitrogen and oxygen atoms in total. The summed E-state index contributed by atoms with van der Waals surface area (Å²) < 4.78 is 4.97. The van der Waals surface area contributed by atoms with Crippen molar-refractivity contribution in [2.45, 2.75) is 0 Å². The maximum atomic E-state index is 2.52. The summed E-state index contributed by atoms with van der Waals surface area (Å²) in [6, 6.07) is 77.4. The monoisotopic (exact) mass is 725 g/mol. The van der Waals surface area contributed by atoms with Crippen molar-refractivity contribution in [1.82, 2.24) is 8.97 Å². The SMILES string of the molecule is c1ccc(-c2ccc(N(c3ccc(-c4ccccc4)cc3)c3ccc4c(c3)c3cccc5c3c3c(ccc6c7ccccc7n4c63)n5-c3ccccc3)cc2)cc1. The lowest BCUT2D eigenvalue weighted by Gasteiger charge is -2.26. The first-order chi connectivity index (χ1) is 28.3. The van der Waals surface area contributed by atoms with Gasteiger partial charge in [0.15, 0.2) is 0 Å². The third kappa shape index (κ3) is 4.79. The molecule has 57 heavy (non-hydrogen) atoms. The molecule has 3 heterocycles. The molecule has 3 aromatic heterocycles. The molecule has 0 aliphatic rings. The summed E-state index contributed by atoms with van der Waals surface area (Å²) in [7, 11) is 0. The van der Waals surface area contributed by atoms with E-state index in [1.165, 1.54) is 82.2 Å². The fourth-order valence-corrected chi connectivity index (χ4v) is 9.32. The van der Waals surface area contributed by atoms with Gasteiger partial charge >= 0.3 is 0 Å². The van der Waals surface area contributed by atoms with Crippen molar-refractivity contribution in [2.24, 2.45) is 0 Å². The molecule has 0 saturated carbocycles. The fraction of sp³-hybridized carbons (Fsp3) is 0. The number of hydrogen-bond acceptors (Lipinski definition) is 1. The zero-order chi connectivity index (χ0) is 37.5. The molecule has 12 rings (SSSR count). The summed E-state index contributed by atoms with van der Waals surface area (Å²) >= 11 is 0. The fourth-order valence-electron chi connectivity index (χ4n) is 9.32. The highest BCUT2D eigenvalue weighted by Gasteiger charge is 2.24. The van der Waals surface area contributed by atoms with E-state index < -0.39 is 0 Å². The average molecular weight is 726 g/mol. The topological polar surface area (TPSA) is 12.6 Å². The molecule has 0 fully saturated rings. The smallest absolute Gasteiger partial charge is 0.0641 e. The van der Waals surface area contributed by atoms with Crippen LogP contribution in [0.15, 0.2) is 212 Å². The van der Waals surface area contributed by atoms with E-state index in [9.17, 15) is 0 Å². The third-order valence-corrected chi connectivity index (χ3v) is 11.8. The molecule has 0 atom stereocenters. The maximum Gasteiger partial charge on any atom is 0.0641 e. The van der Waals surface area contributed by atoms with Crippen LogP contribution in [0.5, 0.6) is 0 Å². The number of fused-ring (bicyclic) bond motifs is 6. The Morgan fingerprint density at radius 2 is 0.789 bits per heavy atom. The molecule has 0 bridgehead atoms. The van der Waals surface area contributed by atoms with Gasteiger partial charge in [0, 0.05) is 49.7 Å². The average Bonchev–Trinajstić information content (AvgIpc) is 3.77. The second-order valence-corrected chi connectivity index (χ2v) is 14.9. The first kappa shape index (κ1) is 31.7. The van der Waals surface area contributed by atoms with Crippen LogP contribution in [0.3, 0.4) is 0 Å². The normalized spacial score (nSPS) is 11.9. The molecular weight excluding hydrogens is 691 g/mol. The first-order valence-corrected chi connectivity index (χ1v) is 19.6. The van der Waals surface area contributed by atoms with Gasteiger partial charge in [0.25, 0.3) is 0 Å². The summed E-state index contributed by atoms with van der Waals surface area (Å²) in [6.07, 6.45) is 0. The zero-order valence-electron chi connectivity index (χ0n) is 31.0. The second-order valence-electron chi connectivity index (χ2n) is 14.9. The summed E-state index contributed by atoms with van der Waals surface area (Å²) in [5.74, 6) is 0. The molecule has 0 unspecified atom stereocenters. The predicted octanol–water partition coefficient (Wildman–Crippen LogP) is 14.7. The third-order valence-electron chi connectivity index (χ3n) is 11.8. The van der Waals surface area contributed by atoms with Crippen LogP contribution in [0.25, 0.3) is 87.8 Å². The van der Waals surface area contributed by atoms with Crippen LogP contribution in [0, 0.1) is 0 Å². The van der Waals surface area contributed by atoms with Gasteiger partial charge in [-0.1, -0.05) is 140 Å². The summed E-state index contributed by atoms with van der Waals surface area (Å²) in [5, 5.41) is 7.56. The number of para-hydroxylation sites is 2. The maximum absolute atomic E-state index is 2.52. The minimum absolute atomic E-state index is 1.10. The van der Waals surface area contributed by atoms with Gasteiger partial charge in [-0.2, -0.15) is 0 Å². The van der Waals surface area contributed by atoms with Crippen LogP contribution < -0.4 is 4.90 Å². The minimum atomic E-state index is 1.10. The highest BCUT2D eigenvalue weighted by Crippen LogP contribution is 2.46. The van der Waals surface area contributed by atoms with Gasteiger partial charge in [-0.3, -0.25) is 0 Å². The molecule has 0 spiro atoms. The molecule has 0 aliphatic carbocycles. The molecule has 3 heteroatoms. The molecule has 0 amide bonds. The lowest BCUT2D eigenvalue weighted by atomic mass is 10.0. The Kier molecular flexibility index (Phi) is 6.93. The Balaban J connectivity index is 1.16. The van der Waals surface area contributed by atoms with Crippen molar-refractivity contribution in [1.29, 1.82) is 0 Å². The second kappa shape index (κ2) is 12.5. The van der Waals surface area contributed by atoms with Crippen LogP contribution in [0.2, 0.25) is 0 Å². The minimum Gasteiger partial charge on any atom is -0.310 e. The molecule has 0 N–H and O–H groups in total. The van der Waals surface area contributed by atoms with Crippen LogP contribution in [-0.2, 0) is 0 Å². The lowest BCUT2D eigenvalue weighted by Crippen LogP contribution is -2.10. The van der Waals surface area contributed by atoms with E-state index >= 15 is 0 Å².